The molecule has 1 saturated heterocycles. The summed E-state index contributed by atoms with van der Waals surface area (Å²) in [4.78, 5) is 4.48. The standard InChI is InChI=1S/C15H23FN4O/c1-15(2,14(17)18-21)20-8-6-19(7-9-20)11-12-4-3-5-13(16)10-12/h3-5,10,21H,6-9,11H2,1-2H3,(H2,17,18). The average molecular weight is 294 g/mol. The smallest absolute Gasteiger partial charge is 0.159 e. The monoisotopic (exact) mass is 294 g/mol. The van der Waals surface area contributed by atoms with Gasteiger partial charge in [-0.2, -0.15) is 0 Å². The summed E-state index contributed by atoms with van der Waals surface area (Å²) < 4.78 is 13.2. The summed E-state index contributed by atoms with van der Waals surface area (Å²) in [5, 5.41) is 12.0. The highest BCUT2D eigenvalue weighted by Crippen LogP contribution is 2.18. The maximum atomic E-state index is 13.2. The summed E-state index contributed by atoms with van der Waals surface area (Å²) in [7, 11) is 0. The van der Waals surface area contributed by atoms with Gasteiger partial charge in [0.2, 0.25) is 0 Å². The summed E-state index contributed by atoms with van der Waals surface area (Å²) in [6, 6.07) is 6.71. The molecule has 1 fully saturated rings. The molecule has 1 aliphatic heterocycles. The second-order valence-electron chi connectivity index (χ2n) is 5.94. The van der Waals surface area contributed by atoms with Gasteiger partial charge >= 0.3 is 0 Å². The molecule has 1 aliphatic rings. The van der Waals surface area contributed by atoms with E-state index < -0.39 is 5.54 Å². The Morgan fingerprint density at radius 3 is 2.57 bits per heavy atom. The van der Waals surface area contributed by atoms with E-state index in [4.69, 9.17) is 10.9 Å². The summed E-state index contributed by atoms with van der Waals surface area (Å²) >= 11 is 0. The molecular weight excluding hydrogens is 271 g/mol. The van der Waals surface area contributed by atoms with Crippen LogP contribution in [0.15, 0.2) is 29.4 Å². The highest BCUT2D eigenvalue weighted by atomic mass is 19.1. The Morgan fingerprint density at radius 2 is 2.00 bits per heavy atom. The maximum absolute atomic E-state index is 13.2. The van der Waals surface area contributed by atoms with Crippen LogP contribution in [0.3, 0.4) is 0 Å². The molecule has 116 valence electrons. The number of benzene rings is 1. The number of hydrogen-bond donors (Lipinski definition) is 2. The molecule has 0 spiro atoms. The molecule has 0 saturated carbocycles. The zero-order valence-electron chi connectivity index (χ0n) is 12.6. The van der Waals surface area contributed by atoms with Gasteiger partial charge in [-0.05, 0) is 31.5 Å². The van der Waals surface area contributed by atoms with Gasteiger partial charge in [-0.15, -0.1) is 0 Å². The zero-order valence-corrected chi connectivity index (χ0v) is 12.6. The molecule has 1 aromatic carbocycles. The van der Waals surface area contributed by atoms with Gasteiger partial charge in [0.05, 0.1) is 5.54 Å². The van der Waals surface area contributed by atoms with Gasteiger partial charge in [-0.1, -0.05) is 17.3 Å². The molecule has 0 unspecified atom stereocenters. The highest BCUT2D eigenvalue weighted by Gasteiger charge is 2.33. The van der Waals surface area contributed by atoms with Crippen molar-refractivity contribution in [3.63, 3.8) is 0 Å². The topological polar surface area (TPSA) is 65.1 Å². The fourth-order valence-corrected chi connectivity index (χ4v) is 2.64. The van der Waals surface area contributed by atoms with E-state index in [0.717, 1.165) is 38.3 Å². The number of oxime groups is 1. The molecule has 6 heteroatoms. The minimum Gasteiger partial charge on any atom is -0.409 e. The first-order chi connectivity index (χ1) is 9.93. The van der Waals surface area contributed by atoms with Gasteiger partial charge in [0.25, 0.3) is 0 Å². The number of amidine groups is 1. The molecule has 1 aromatic rings. The molecule has 0 aliphatic carbocycles. The Balaban J connectivity index is 1.92. The van der Waals surface area contributed by atoms with Crippen molar-refractivity contribution in [2.24, 2.45) is 10.9 Å². The van der Waals surface area contributed by atoms with Crippen molar-refractivity contribution in [3.8, 4) is 0 Å². The van der Waals surface area contributed by atoms with E-state index in [1.807, 2.05) is 19.9 Å². The maximum Gasteiger partial charge on any atom is 0.159 e. The lowest BCUT2D eigenvalue weighted by atomic mass is 10.00. The van der Waals surface area contributed by atoms with Crippen LogP contribution in [0.25, 0.3) is 0 Å². The first-order valence-corrected chi connectivity index (χ1v) is 7.13. The quantitative estimate of drug-likeness (QED) is 0.382. The van der Waals surface area contributed by atoms with Crippen molar-refractivity contribution < 1.29 is 9.60 Å². The first kappa shape index (κ1) is 15.7. The Hall–Kier alpha value is -1.66. The van der Waals surface area contributed by atoms with Crippen LogP contribution in [0.5, 0.6) is 0 Å². The minimum atomic E-state index is -0.459. The van der Waals surface area contributed by atoms with Crippen LogP contribution in [0.4, 0.5) is 4.39 Å². The predicted molar refractivity (Wildman–Crippen MR) is 80.7 cm³/mol. The van der Waals surface area contributed by atoms with Crippen LogP contribution in [0, 0.1) is 5.82 Å². The molecule has 0 radical (unpaired) electrons. The lowest BCUT2D eigenvalue weighted by Crippen LogP contribution is -2.59. The summed E-state index contributed by atoms with van der Waals surface area (Å²) in [6.45, 7) is 8.05. The van der Waals surface area contributed by atoms with Gasteiger partial charge < -0.3 is 10.9 Å². The van der Waals surface area contributed by atoms with E-state index in [9.17, 15) is 4.39 Å². The minimum absolute atomic E-state index is 0.195. The Bertz CT molecular complexity index is 510. The Labute approximate surface area is 124 Å². The average Bonchev–Trinajstić information content (AvgIpc) is 2.47. The number of nitrogens with two attached hydrogens (primary N) is 1. The highest BCUT2D eigenvalue weighted by molar-refractivity contribution is 5.88. The number of piperazine rings is 1. The van der Waals surface area contributed by atoms with Crippen molar-refractivity contribution in [1.29, 1.82) is 0 Å². The first-order valence-electron chi connectivity index (χ1n) is 7.13. The molecule has 21 heavy (non-hydrogen) atoms. The Morgan fingerprint density at radius 1 is 1.33 bits per heavy atom. The van der Waals surface area contributed by atoms with Crippen molar-refractivity contribution in [2.45, 2.75) is 25.9 Å². The normalized spacial score (nSPS) is 18.9. The second kappa shape index (κ2) is 6.41. The van der Waals surface area contributed by atoms with Gasteiger partial charge in [-0.25, -0.2) is 4.39 Å². The largest absolute Gasteiger partial charge is 0.409 e. The van der Waals surface area contributed by atoms with Crippen LogP contribution in [0.1, 0.15) is 19.4 Å². The van der Waals surface area contributed by atoms with Crippen molar-refractivity contribution in [2.75, 3.05) is 26.2 Å². The second-order valence-corrected chi connectivity index (χ2v) is 5.94. The molecule has 0 atom stereocenters. The fraction of sp³-hybridized carbons (Fsp3) is 0.533. The van der Waals surface area contributed by atoms with Crippen LogP contribution in [0.2, 0.25) is 0 Å². The van der Waals surface area contributed by atoms with Gasteiger partial charge in [0.15, 0.2) is 5.84 Å². The van der Waals surface area contributed by atoms with Crippen LogP contribution in [-0.4, -0.2) is 52.6 Å². The molecule has 0 aromatic heterocycles. The molecule has 1 heterocycles. The van der Waals surface area contributed by atoms with Gasteiger partial charge in [-0.3, -0.25) is 9.80 Å². The van der Waals surface area contributed by atoms with E-state index in [1.165, 1.54) is 6.07 Å². The Kier molecular flexibility index (Phi) is 4.80. The van der Waals surface area contributed by atoms with Crippen molar-refractivity contribution in [1.82, 2.24) is 9.80 Å². The molecule has 5 nitrogen and oxygen atoms in total. The van der Waals surface area contributed by atoms with Gasteiger partial charge in [0.1, 0.15) is 5.82 Å². The van der Waals surface area contributed by atoms with E-state index in [-0.39, 0.29) is 11.7 Å². The summed E-state index contributed by atoms with van der Waals surface area (Å²) in [5.74, 6) is 0.0280. The third kappa shape index (κ3) is 3.71. The van der Waals surface area contributed by atoms with Crippen LogP contribution >= 0.6 is 0 Å². The van der Waals surface area contributed by atoms with Crippen molar-refractivity contribution in [3.05, 3.63) is 35.6 Å². The molecule has 2 rings (SSSR count). The van der Waals surface area contributed by atoms with E-state index >= 15 is 0 Å². The fourth-order valence-electron chi connectivity index (χ4n) is 2.64. The van der Waals surface area contributed by atoms with Gasteiger partial charge in [0, 0.05) is 32.7 Å². The van der Waals surface area contributed by atoms with Crippen LogP contribution in [-0.2, 0) is 6.54 Å². The third-order valence-electron chi connectivity index (χ3n) is 4.19. The number of nitrogens with zero attached hydrogens (tertiary/aromatic N) is 3. The summed E-state index contributed by atoms with van der Waals surface area (Å²) in [5.41, 5.74) is 6.29. The van der Waals surface area contributed by atoms with E-state index in [2.05, 4.69) is 15.0 Å². The summed E-state index contributed by atoms with van der Waals surface area (Å²) in [6.07, 6.45) is 0. The van der Waals surface area contributed by atoms with Crippen LogP contribution < -0.4 is 5.73 Å². The van der Waals surface area contributed by atoms with E-state index in [1.54, 1.807) is 12.1 Å². The lowest BCUT2D eigenvalue weighted by Gasteiger charge is -2.43. The number of halogens is 1. The van der Waals surface area contributed by atoms with E-state index in [0.29, 0.717) is 0 Å². The number of hydrogen-bond acceptors (Lipinski definition) is 4. The third-order valence-corrected chi connectivity index (χ3v) is 4.19. The molecule has 0 amide bonds. The number of rotatable bonds is 4. The molecule has 3 N–H and O–H groups in total. The zero-order chi connectivity index (χ0) is 15.5. The van der Waals surface area contributed by atoms with Crippen molar-refractivity contribution >= 4 is 5.84 Å². The predicted octanol–water partition coefficient (Wildman–Crippen LogP) is 1.47. The molecular formula is C15H23FN4O. The molecule has 0 bridgehead atoms. The SMILES string of the molecule is CC(C)(C(N)=NO)N1CCN(Cc2cccc(F)c2)CC1. The lowest BCUT2D eigenvalue weighted by molar-refractivity contribution is 0.0793.